The third kappa shape index (κ3) is 1.40. The fourth-order valence-electron chi connectivity index (χ4n) is 0.859. The maximum Gasteiger partial charge on any atom is 0.131 e. The van der Waals surface area contributed by atoms with E-state index in [2.05, 4.69) is 4.98 Å². The summed E-state index contributed by atoms with van der Waals surface area (Å²) in [7, 11) is 1.55. The molecule has 0 fully saturated rings. The molecule has 1 aromatic heterocycles. The highest BCUT2D eigenvalue weighted by molar-refractivity contribution is 5.47. The summed E-state index contributed by atoms with van der Waals surface area (Å²) in [6.45, 7) is 0.100. The minimum Gasteiger partial charge on any atom is -0.496 e. The highest BCUT2D eigenvalue weighted by Gasteiger charge is 2.04. The molecule has 0 aliphatic rings. The second-order valence-corrected chi connectivity index (χ2v) is 2.05. The Morgan fingerprint density at radius 2 is 2.45 bits per heavy atom. The molecule has 1 rings (SSSR count). The van der Waals surface area contributed by atoms with Crippen LogP contribution in [0.25, 0.3) is 0 Å². The van der Waals surface area contributed by atoms with Gasteiger partial charge in [-0.15, -0.1) is 0 Å². The Hall–Kier alpha value is -1.29. The molecule has 4 heteroatoms. The van der Waals surface area contributed by atoms with Crippen molar-refractivity contribution in [2.75, 3.05) is 12.8 Å². The highest BCUT2D eigenvalue weighted by atomic mass is 16.5. The van der Waals surface area contributed by atoms with Gasteiger partial charge in [0.2, 0.25) is 0 Å². The van der Waals surface area contributed by atoms with Gasteiger partial charge < -0.3 is 10.5 Å². The molecule has 59 valence electrons. The Morgan fingerprint density at radius 1 is 1.73 bits per heavy atom. The van der Waals surface area contributed by atoms with Crippen molar-refractivity contribution >= 4 is 5.82 Å². The van der Waals surface area contributed by atoms with E-state index in [9.17, 15) is 0 Å². The molecule has 0 aromatic carbocycles. The van der Waals surface area contributed by atoms with Gasteiger partial charge in [0.05, 0.1) is 12.7 Å². The van der Waals surface area contributed by atoms with Crippen molar-refractivity contribution < 1.29 is 4.74 Å². The van der Waals surface area contributed by atoms with E-state index < -0.39 is 0 Å². The van der Waals surface area contributed by atoms with Gasteiger partial charge in [0.25, 0.3) is 0 Å². The van der Waals surface area contributed by atoms with E-state index in [1.54, 1.807) is 19.4 Å². The summed E-state index contributed by atoms with van der Waals surface area (Å²) >= 11 is 0. The zero-order valence-corrected chi connectivity index (χ0v) is 6.29. The van der Waals surface area contributed by atoms with Crippen LogP contribution in [0.4, 0.5) is 5.82 Å². The topological polar surface area (TPSA) is 71.9 Å². The maximum absolute atomic E-state index is 7.13. The monoisotopic (exact) mass is 152 g/mol. The van der Waals surface area contributed by atoms with E-state index in [4.69, 9.17) is 16.2 Å². The molecule has 0 atom stereocenters. The number of rotatable bonds is 2. The van der Waals surface area contributed by atoms with Crippen LogP contribution in [0.1, 0.15) is 5.56 Å². The van der Waals surface area contributed by atoms with Gasteiger partial charge in [-0.2, -0.15) is 0 Å². The van der Waals surface area contributed by atoms with Gasteiger partial charge >= 0.3 is 0 Å². The summed E-state index contributed by atoms with van der Waals surface area (Å²) < 4.78 is 4.98. The predicted molar refractivity (Wildman–Crippen MR) is 42.0 cm³/mol. The van der Waals surface area contributed by atoms with Crippen molar-refractivity contribution in [2.24, 2.45) is 0 Å². The molecule has 0 spiro atoms. The van der Waals surface area contributed by atoms with E-state index in [-0.39, 0.29) is 6.54 Å². The van der Waals surface area contributed by atoms with Crippen LogP contribution in [0.5, 0.6) is 5.75 Å². The van der Waals surface area contributed by atoms with Crippen molar-refractivity contribution in [3.8, 4) is 5.75 Å². The Labute approximate surface area is 65.2 Å². The lowest BCUT2D eigenvalue weighted by atomic mass is 10.2. The number of aromatic nitrogens is 1. The molecule has 0 aliphatic carbocycles. The quantitative estimate of drug-likeness (QED) is 0.668. The lowest BCUT2D eigenvalue weighted by Gasteiger charge is -2.06. The van der Waals surface area contributed by atoms with Crippen molar-refractivity contribution in [1.82, 2.24) is 10.7 Å². The molecule has 0 amide bonds. The zero-order valence-electron chi connectivity index (χ0n) is 6.29. The maximum atomic E-state index is 7.13. The lowest BCUT2D eigenvalue weighted by Crippen LogP contribution is -2.00. The molecule has 1 aromatic rings. The second kappa shape index (κ2) is 3.21. The van der Waals surface area contributed by atoms with E-state index >= 15 is 0 Å². The molecule has 0 saturated carbocycles. The van der Waals surface area contributed by atoms with Crippen LogP contribution in [-0.4, -0.2) is 12.1 Å². The van der Waals surface area contributed by atoms with E-state index in [0.717, 1.165) is 0 Å². The van der Waals surface area contributed by atoms with Crippen LogP contribution in [0.3, 0.4) is 0 Å². The number of nitrogens with one attached hydrogen (secondary N) is 1. The fourth-order valence-corrected chi connectivity index (χ4v) is 0.859. The standard InChI is InChI=1S/C7H10N3O/c1-11-6-2-3-10-7(9)5(6)4-8/h2-3,8H,4H2,1H3,(H2,9,10). The summed E-state index contributed by atoms with van der Waals surface area (Å²) in [4.78, 5) is 3.84. The van der Waals surface area contributed by atoms with E-state index in [1.165, 1.54) is 0 Å². The van der Waals surface area contributed by atoms with Crippen molar-refractivity contribution in [3.05, 3.63) is 17.8 Å². The third-order valence-corrected chi connectivity index (χ3v) is 1.44. The average molecular weight is 152 g/mol. The van der Waals surface area contributed by atoms with E-state index in [1.807, 2.05) is 0 Å². The first kappa shape index (κ1) is 7.81. The molecule has 0 bridgehead atoms. The van der Waals surface area contributed by atoms with Crippen LogP contribution in [0.2, 0.25) is 0 Å². The molecule has 0 unspecified atom stereocenters. The SMILES string of the molecule is COc1ccnc(N)c1C[NH]. The van der Waals surface area contributed by atoms with Crippen LogP contribution < -0.4 is 16.2 Å². The summed E-state index contributed by atoms with van der Waals surface area (Å²) in [5, 5.41) is 0. The summed E-state index contributed by atoms with van der Waals surface area (Å²) in [5.74, 6) is 1.01. The summed E-state index contributed by atoms with van der Waals surface area (Å²) in [6, 6.07) is 1.69. The van der Waals surface area contributed by atoms with Gasteiger partial charge in [-0.25, -0.2) is 4.98 Å². The average Bonchev–Trinajstić information content (AvgIpc) is 2.04. The molecular weight excluding hydrogens is 142 g/mol. The van der Waals surface area contributed by atoms with Crippen LogP contribution in [0, 0.1) is 0 Å². The number of hydrogen-bond donors (Lipinski definition) is 1. The van der Waals surface area contributed by atoms with Gasteiger partial charge in [0.15, 0.2) is 0 Å². The number of nitrogens with two attached hydrogens (primary N) is 1. The summed E-state index contributed by atoms with van der Waals surface area (Å²) in [6.07, 6.45) is 1.56. The van der Waals surface area contributed by atoms with Crippen LogP contribution >= 0.6 is 0 Å². The smallest absolute Gasteiger partial charge is 0.131 e. The molecular formula is C7H10N3O. The number of ether oxygens (including phenoxy) is 1. The largest absolute Gasteiger partial charge is 0.496 e. The first-order valence-electron chi connectivity index (χ1n) is 3.21. The molecule has 11 heavy (non-hydrogen) atoms. The number of hydrogen-bond acceptors (Lipinski definition) is 3. The first-order chi connectivity index (χ1) is 5.29. The predicted octanol–water partition coefficient (Wildman–Crippen LogP) is 0.455. The minimum absolute atomic E-state index is 0.100. The minimum atomic E-state index is 0.100. The van der Waals surface area contributed by atoms with Gasteiger partial charge in [0, 0.05) is 12.7 Å². The van der Waals surface area contributed by atoms with Crippen LogP contribution in [0.15, 0.2) is 12.3 Å². The Balaban J connectivity index is 3.13. The van der Waals surface area contributed by atoms with Crippen molar-refractivity contribution in [1.29, 1.82) is 0 Å². The molecule has 0 aliphatic heterocycles. The van der Waals surface area contributed by atoms with Gasteiger partial charge in [-0.3, -0.25) is 5.73 Å². The number of nitrogens with zero attached hydrogens (tertiary/aromatic N) is 1. The lowest BCUT2D eigenvalue weighted by molar-refractivity contribution is 0.409. The Kier molecular flexibility index (Phi) is 2.28. The first-order valence-corrected chi connectivity index (χ1v) is 3.21. The molecule has 3 N–H and O–H groups in total. The Bertz CT molecular complexity index is 249. The Morgan fingerprint density at radius 3 is 2.91 bits per heavy atom. The number of pyridine rings is 1. The molecule has 4 nitrogen and oxygen atoms in total. The van der Waals surface area contributed by atoms with Gasteiger partial charge in [-0.1, -0.05) is 0 Å². The van der Waals surface area contributed by atoms with Crippen LogP contribution in [-0.2, 0) is 6.54 Å². The third-order valence-electron chi connectivity index (χ3n) is 1.44. The fraction of sp³-hybridized carbons (Fsp3) is 0.286. The number of nitrogen functional groups attached to an aromatic ring is 1. The summed E-state index contributed by atoms with van der Waals surface area (Å²) in [5.41, 5.74) is 13.3. The molecule has 0 saturated heterocycles. The number of methoxy groups -OCH3 is 1. The van der Waals surface area contributed by atoms with Crippen molar-refractivity contribution in [2.45, 2.75) is 6.54 Å². The molecule has 1 radical (unpaired) electrons. The van der Waals surface area contributed by atoms with Gasteiger partial charge in [-0.05, 0) is 6.07 Å². The second-order valence-electron chi connectivity index (χ2n) is 2.05. The zero-order chi connectivity index (χ0) is 8.27. The van der Waals surface area contributed by atoms with Crippen molar-refractivity contribution in [3.63, 3.8) is 0 Å². The van der Waals surface area contributed by atoms with Gasteiger partial charge in [0.1, 0.15) is 11.6 Å². The number of anilines is 1. The highest BCUT2D eigenvalue weighted by Crippen LogP contribution is 2.20. The normalized spacial score (nSPS) is 9.64. The molecule has 1 heterocycles. The van der Waals surface area contributed by atoms with E-state index in [0.29, 0.717) is 17.1 Å².